The van der Waals surface area contributed by atoms with Crippen molar-refractivity contribution in [3.8, 4) is 0 Å². The molecule has 110 valence electrons. The molecule has 1 aromatic carbocycles. The summed E-state index contributed by atoms with van der Waals surface area (Å²) in [4.78, 5) is 13.1. The Morgan fingerprint density at radius 1 is 1.45 bits per heavy atom. The third-order valence-corrected chi connectivity index (χ3v) is 4.60. The first-order valence-corrected chi connectivity index (χ1v) is 7.94. The molecule has 0 unspecified atom stereocenters. The van der Waals surface area contributed by atoms with Crippen molar-refractivity contribution in [2.24, 2.45) is 5.92 Å². The Balaban J connectivity index is 2.10. The van der Waals surface area contributed by atoms with E-state index in [9.17, 15) is 10.1 Å². The largest absolute Gasteiger partial charge is 0.296 e. The van der Waals surface area contributed by atoms with Crippen LogP contribution in [0.15, 0.2) is 22.7 Å². The highest BCUT2D eigenvalue weighted by Gasteiger charge is 2.29. The van der Waals surface area contributed by atoms with Crippen molar-refractivity contribution in [2.45, 2.75) is 45.7 Å². The van der Waals surface area contributed by atoms with Crippen molar-refractivity contribution in [3.63, 3.8) is 0 Å². The fourth-order valence-corrected chi connectivity index (χ4v) is 2.84. The van der Waals surface area contributed by atoms with Crippen molar-refractivity contribution in [3.05, 3.63) is 38.3 Å². The maximum absolute atomic E-state index is 11.0. The molecule has 20 heavy (non-hydrogen) atoms. The number of hydrogen-bond acceptors (Lipinski definition) is 3. The molecule has 2 rings (SSSR count). The third-order valence-electron chi connectivity index (χ3n) is 3.69. The van der Waals surface area contributed by atoms with E-state index in [4.69, 9.17) is 0 Å². The molecule has 0 atom stereocenters. The first-order valence-electron chi connectivity index (χ1n) is 7.15. The zero-order chi connectivity index (χ0) is 14.7. The van der Waals surface area contributed by atoms with E-state index >= 15 is 0 Å². The molecule has 5 heteroatoms. The van der Waals surface area contributed by atoms with Crippen molar-refractivity contribution >= 4 is 21.6 Å². The van der Waals surface area contributed by atoms with Crippen molar-refractivity contribution in [2.75, 3.05) is 6.54 Å². The quantitative estimate of drug-likeness (QED) is 0.547. The Morgan fingerprint density at radius 3 is 2.70 bits per heavy atom. The summed E-state index contributed by atoms with van der Waals surface area (Å²) in [7, 11) is 0. The van der Waals surface area contributed by atoms with E-state index in [1.807, 2.05) is 6.07 Å². The fourth-order valence-electron chi connectivity index (χ4n) is 2.30. The highest BCUT2D eigenvalue weighted by atomic mass is 79.9. The molecule has 0 bridgehead atoms. The van der Waals surface area contributed by atoms with Crippen LogP contribution >= 0.6 is 15.9 Å². The van der Waals surface area contributed by atoms with E-state index in [0.717, 1.165) is 18.7 Å². The molecule has 0 spiro atoms. The van der Waals surface area contributed by atoms with Gasteiger partial charge in [0, 0.05) is 18.7 Å². The molecule has 1 saturated carbocycles. The van der Waals surface area contributed by atoms with Gasteiger partial charge in [-0.1, -0.05) is 26.0 Å². The van der Waals surface area contributed by atoms with E-state index in [1.165, 1.54) is 19.3 Å². The molecule has 1 aliphatic carbocycles. The molecular formula is C15H21BrN2O2. The predicted molar refractivity (Wildman–Crippen MR) is 83.7 cm³/mol. The summed E-state index contributed by atoms with van der Waals surface area (Å²) >= 11 is 3.39. The highest BCUT2D eigenvalue weighted by molar-refractivity contribution is 9.10. The van der Waals surface area contributed by atoms with Gasteiger partial charge < -0.3 is 0 Å². The summed E-state index contributed by atoms with van der Waals surface area (Å²) in [6.45, 7) is 6.32. The van der Waals surface area contributed by atoms with Gasteiger partial charge in [-0.25, -0.2) is 0 Å². The predicted octanol–water partition coefficient (Wildman–Crippen LogP) is 4.37. The fraction of sp³-hybridized carbons (Fsp3) is 0.600. The lowest BCUT2D eigenvalue weighted by molar-refractivity contribution is -0.385. The average Bonchev–Trinajstić information content (AvgIpc) is 3.20. The first kappa shape index (κ1) is 15.4. The van der Waals surface area contributed by atoms with Crippen LogP contribution in [0, 0.1) is 16.0 Å². The minimum absolute atomic E-state index is 0.155. The van der Waals surface area contributed by atoms with Crippen molar-refractivity contribution in [1.29, 1.82) is 0 Å². The van der Waals surface area contributed by atoms with Gasteiger partial charge >= 0.3 is 0 Å². The van der Waals surface area contributed by atoms with Gasteiger partial charge in [0.2, 0.25) is 0 Å². The first-order chi connectivity index (χ1) is 9.49. The number of nitro groups is 1. The van der Waals surface area contributed by atoms with Gasteiger partial charge in [-0.3, -0.25) is 15.0 Å². The number of nitro benzene ring substituents is 1. The van der Waals surface area contributed by atoms with Gasteiger partial charge in [0.05, 0.1) is 9.40 Å². The monoisotopic (exact) mass is 340 g/mol. The van der Waals surface area contributed by atoms with Crippen LogP contribution in [0.5, 0.6) is 0 Å². The van der Waals surface area contributed by atoms with E-state index in [0.29, 0.717) is 16.4 Å². The van der Waals surface area contributed by atoms with Crippen LogP contribution in [-0.2, 0) is 6.54 Å². The number of nitrogens with zero attached hydrogens (tertiary/aromatic N) is 2. The summed E-state index contributed by atoms with van der Waals surface area (Å²) in [6, 6.07) is 5.96. The van der Waals surface area contributed by atoms with Gasteiger partial charge in [-0.05, 0) is 53.2 Å². The van der Waals surface area contributed by atoms with E-state index in [1.54, 1.807) is 12.1 Å². The number of hydrogen-bond donors (Lipinski definition) is 0. The smallest absolute Gasteiger partial charge is 0.283 e. The van der Waals surface area contributed by atoms with Gasteiger partial charge in [0.15, 0.2) is 0 Å². The summed E-state index contributed by atoms with van der Waals surface area (Å²) in [6.07, 6.45) is 3.68. The second kappa shape index (κ2) is 6.68. The zero-order valence-corrected chi connectivity index (χ0v) is 13.6. The van der Waals surface area contributed by atoms with Gasteiger partial charge in [-0.15, -0.1) is 0 Å². The molecule has 4 nitrogen and oxygen atoms in total. The molecule has 0 amide bonds. The molecule has 0 N–H and O–H groups in total. The minimum Gasteiger partial charge on any atom is -0.296 e. The standard InChI is InChI=1S/C15H21BrN2O2/c1-11(2)8-9-17(13-6-7-13)10-12-4-3-5-14(15(12)16)18(19)20/h3-5,11,13H,6-10H2,1-2H3. The summed E-state index contributed by atoms with van der Waals surface area (Å²) in [5.41, 5.74) is 1.16. The van der Waals surface area contributed by atoms with E-state index in [2.05, 4.69) is 34.7 Å². The van der Waals surface area contributed by atoms with Gasteiger partial charge in [0.25, 0.3) is 5.69 Å². The summed E-state index contributed by atoms with van der Waals surface area (Å²) in [5, 5.41) is 11.0. The molecule has 0 radical (unpaired) electrons. The Hall–Kier alpha value is -0.940. The maximum Gasteiger partial charge on any atom is 0.283 e. The SMILES string of the molecule is CC(C)CCN(Cc1cccc([N+](=O)[O-])c1Br)C1CC1. The molecule has 0 aromatic heterocycles. The minimum atomic E-state index is -0.330. The Morgan fingerprint density at radius 2 is 2.15 bits per heavy atom. The highest BCUT2D eigenvalue weighted by Crippen LogP contribution is 2.33. The normalized spacial score (nSPS) is 15.1. The topological polar surface area (TPSA) is 46.4 Å². The molecular weight excluding hydrogens is 320 g/mol. The lowest BCUT2D eigenvalue weighted by Gasteiger charge is -2.23. The van der Waals surface area contributed by atoms with Gasteiger partial charge in [-0.2, -0.15) is 0 Å². The third kappa shape index (κ3) is 4.03. The van der Waals surface area contributed by atoms with E-state index in [-0.39, 0.29) is 10.6 Å². The van der Waals surface area contributed by atoms with Gasteiger partial charge in [0.1, 0.15) is 0 Å². The summed E-state index contributed by atoms with van der Waals surface area (Å²) < 4.78 is 0.625. The molecule has 1 aliphatic rings. The van der Waals surface area contributed by atoms with Crippen LogP contribution in [0.1, 0.15) is 38.7 Å². The zero-order valence-electron chi connectivity index (χ0n) is 12.0. The Labute approximate surface area is 128 Å². The maximum atomic E-state index is 11.0. The molecule has 0 aliphatic heterocycles. The number of rotatable bonds is 7. The van der Waals surface area contributed by atoms with Crippen LogP contribution in [0.2, 0.25) is 0 Å². The lowest BCUT2D eigenvalue weighted by Crippen LogP contribution is -2.27. The molecule has 1 fully saturated rings. The van der Waals surface area contributed by atoms with Crippen LogP contribution in [0.3, 0.4) is 0 Å². The Bertz CT molecular complexity index is 487. The summed E-state index contributed by atoms with van der Waals surface area (Å²) in [5.74, 6) is 0.685. The second-order valence-electron chi connectivity index (χ2n) is 5.89. The van der Waals surface area contributed by atoms with Crippen molar-refractivity contribution < 1.29 is 4.92 Å². The second-order valence-corrected chi connectivity index (χ2v) is 6.68. The van der Waals surface area contributed by atoms with Crippen LogP contribution in [0.25, 0.3) is 0 Å². The molecule has 1 aromatic rings. The average molecular weight is 341 g/mol. The number of benzene rings is 1. The van der Waals surface area contributed by atoms with E-state index < -0.39 is 0 Å². The molecule has 0 heterocycles. The van der Waals surface area contributed by atoms with Crippen molar-refractivity contribution in [1.82, 2.24) is 4.90 Å². The van der Waals surface area contributed by atoms with Crippen LogP contribution in [0.4, 0.5) is 5.69 Å². The molecule has 0 saturated heterocycles. The number of halogens is 1. The van der Waals surface area contributed by atoms with Crippen LogP contribution < -0.4 is 0 Å². The lowest BCUT2D eigenvalue weighted by atomic mass is 10.1. The Kier molecular flexibility index (Phi) is 5.16. The van der Waals surface area contributed by atoms with Crippen LogP contribution in [-0.4, -0.2) is 22.4 Å².